The van der Waals surface area contributed by atoms with Crippen LogP contribution in [-0.4, -0.2) is 96.7 Å². The van der Waals surface area contributed by atoms with Crippen LogP contribution >= 0.6 is 0 Å². The molecule has 212 valence electrons. The maximum Gasteiger partial charge on any atom is 0.295 e. The minimum Gasteiger partial charge on any atom is -0.505 e. The second-order valence-corrected chi connectivity index (χ2v) is 9.84. The smallest absolute Gasteiger partial charge is 0.295 e. The SMILES string of the molecule is COc1cc([C@H]2/C(=C(\O)c3c(C)nc4c(C)cccn34)C(=O)C(=O)N2CCN2CCOCC2)cc(OC)c1OC. The highest BCUT2D eigenvalue weighted by atomic mass is 16.5. The minimum atomic E-state index is -0.899. The van der Waals surface area contributed by atoms with Crippen molar-refractivity contribution in [2.45, 2.75) is 19.9 Å². The number of hydrogen-bond donors (Lipinski definition) is 1. The molecule has 1 N–H and O–H groups in total. The molecule has 0 spiro atoms. The molecule has 1 amide bonds. The monoisotopic (exact) mass is 550 g/mol. The van der Waals surface area contributed by atoms with Crippen molar-refractivity contribution < 1.29 is 33.6 Å². The van der Waals surface area contributed by atoms with Crippen LogP contribution in [0.1, 0.15) is 28.6 Å². The molecule has 0 bridgehead atoms. The maximum absolute atomic E-state index is 13.7. The number of aryl methyl sites for hydroxylation is 2. The maximum atomic E-state index is 13.7. The number of carbonyl (C=O) groups excluding carboxylic acids is 2. The van der Waals surface area contributed by atoms with Gasteiger partial charge in [-0.1, -0.05) is 6.07 Å². The van der Waals surface area contributed by atoms with Crippen LogP contribution in [0.3, 0.4) is 0 Å². The van der Waals surface area contributed by atoms with Gasteiger partial charge in [-0.25, -0.2) is 4.98 Å². The van der Waals surface area contributed by atoms with Gasteiger partial charge in [-0.2, -0.15) is 0 Å². The number of imidazole rings is 1. The first-order valence-corrected chi connectivity index (χ1v) is 13.1. The molecule has 1 aromatic carbocycles. The van der Waals surface area contributed by atoms with Crippen molar-refractivity contribution in [1.29, 1.82) is 0 Å². The fourth-order valence-electron chi connectivity index (χ4n) is 5.52. The van der Waals surface area contributed by atoms with Gasteiger partial charge in [0.05, 0.1) is 51.9 Å². The van der Waals surface area contributed by atoms with E-state index in [1.165, 1.54) is 26.2 Å². The largest absolute Gasteiger partial charge is 0.505 e. The number of nitrogens with zero attached hydrogens (tertiary/aromatic N) is 4. The van der Waals surface area contributed by atoms with Gasteiger partial charge >= 0.3 is 0 Å². The van der Waals surface area contributed by atoms with Gasteiger partial charge in [-0.15, -0.1) is 0 Å². The summed E-state index contributed by atoms with van der Waals surface area (Å²) in [6.45, 7) is 7.21. The number of pyridine rings is 1. The van der Waals surface area contributed by atoms with Crippen LogP contribution in [-0.2, 0) is 14.3 Å². The van der Waals surface area contributed by atoms with Crippen LogP contribution < -0.4 is 14.2 Å². The Morgan fingerprint density at radius 1 is 1.05 bits per heavy atom. The van der Waals surface area contributed by atoms with E-state index in [2.05, 4.69) is 9.88 Å². The van der Waals surface area contributed by atoms with Crippen LogP contribution in [0.15, 0.2) is 36.0 Å². The number of rotatable bonds is 8. The molecule has 0 radical (unpaired) electrons. The van der Waals surface area contributed by atoms with Gasteiger partial charge in [-0.05, 0) is 43.2 Å². The molecule has 2 aliphatic heterocycles. The standard InChI is InChI=1S/C29H34N4O7/c1-17-7-6-8-32-23(18(2)30-28(17)32)25(34)22-24(19-15-20(37-3)27(39-5)21(16-19)38-4)33(29(36)26(22)35)10-9-31-11-13-40-14-12-31/h6-8,15-16,24,34H,9-14H2,1-5H3/b25-22+/t24-/m0/s1. The lowest BCUT2D eigenvalue weighted by molar-refractivity contribution is -0.140. The molecular weight excluding hydrogens is 516 g/mol. The third-order valence-electron chi connectivity index (χ3n) is 7.55. The molecule has 2 saturated heterocycles. The summed E-state index contributed by atoms with van der Waals surface area (Å²) in [5.41, 5.74) is 2.99. The summed E-state index contributed by atoms with van der Waals surface area (Å²) in [4.78, 5) is 35.6. The molecule has 11 heteroatoms. The van der Waals surface area contributed by atoms with Gasteiger partial charge < -0.3 is 29.0 Å². The van der Waals surface area contributed by atoms with Crippen LogP contribution in [0.4, 0.5) is 0 Å². The zero-order chi connectivity index (χ0) is 28.6. The van der Waals surface area contributed by atoms with Crippen molar-refractivity contribution in [2.24, 2.45) is 0 Å². The molecular formula is C29H34N4O7. The number of aliphatic hydroxyl groups is 1. The molecule has 2 aliphatic rings. The summed E-state index contributed by atoms with van der Waals surface area (Å²) in [5, 5.41) is 11.8. The Morgan fingerprint density at radius 2 is 1.73 bits per heavy atom. The van der Waals surface area contributed by atoms with E-state index in [9.17, 15) is 14.7 Å². The van der Waals surface area contributed by atoms with Crippen molar-refractivity contribution in [1.82, 2.24) is 19.2 Å². The van der Waals surface area contributed by atoms with Crippen LogP contribution in [0.5, 0.6) is 17.2 Å². The molecule has 40 heavy (non-hydrogen) atoms. The number of fused-ring (bicyclic) bond motifs is 1. The van der Waals surface area contributed by atoms with Crippen LogP contribution in [0.25, 0.3) is 11.4 Å². The fraction of sp³-hybridized carbons (Fsp3) is 0.414. The molecule has 1 atom stereocenters. The molecule has 11 nitrogen and oxygen atoms in total. The lowest BCUT2D eigenvalue weighted by Crippen LogP contribution is -2.42. The van der Waals surface area contributed by atoms with E-state index in [4.69, 9.17) is 18.9 Å². The number of morpholine rings is 1. The van der Waals surface area contributed by atoms with Crippen molar-refractivity contribution >= 4 is 23.1 Å². The lowest BCUT2D eigenvalue weighted by atomic mass is 9.95. The van der Waals surface area contributed by atoms with E-state index in [-0.39, 0.29) is 17.9 Å². The third-order valence-corrected chi connectivity index (χ3v) is 7.55. The number of ketones is 1. The third kappa shape index (κ3) is 4.65. The summed E-state index contributed by atoms with van der Waals surface area (Å²) >= 11 is 0. The summed E-state index contributed by atoms with van der Waals surface area (Å²) < 4.78 is 23.8. The number of aromatic nitrogens is 2. The van der Waals surface area contributed by atoms with E-state index in [0.717, 1.165) is 18.7 Å². The highest BCUT2D eigenvalue weighted by Gasteiger charge is 2.47. The summed E-state index contributed by atoms with van der Waals surface area (Å²) in [6, 6.07) is 6.28. The average Bonchev–Trinajstić information content (AvgIpc) is 3.44. The summed E-state index contributed by atoms with van der Waals surface area (Å²) in [6.07, 6.45) is 1.78. The van der Waals surface area contributed by atoms with Crippen molar-refractivity contribution in [2.75, 3.05) is 60.7 Å². The van der Waals surface area contributed by atoms with Gasteiger partial charge in [0.1, 0.15) is 11.3 Å². The first kappa shape index (κ1) is 27.5. The predicted octanol–water partition coefficient (Wildman–Crippen LogP) is 2.73. The Labute approximate surface area is 232 Å². The summed E-state index contributed by atoms with van der Waals surface area (Å²) in [5.74, 6) is -0.611. The van der Waals surface area contributed by atoms with Crippen molar-refractivity contribution in [3.8, 4) is 17.2 Å². The number of ether oxygens (including phenoxy) is 4. The second-order valence-electron chi connectivity index (χ2n) is 9.84. The normalized spacial score (nSPS) is 19.4. The predicted molar refractivity (Wildman–Crippen MR) is 147 cm³/mol. The van der Waals surface area contributed by atoms with E-state index in [0.29, 0.717) is 59.6 Å². The molecule has 2 aromatic heterocycles. The number of likely N-dealkylation sites (tertiary alicyclic amines) is 1. The van der Waals surface area contributed by atoms with Gasteiger partial charge in [-0.3, -0.25) is 18.9 Å². The van der Waals surface area contributed by atoms with E-state index in [1.54, 1.807) is 29.7 Å². The molecule has 0 saturated carbocycles. The van der Waals surface area contributed by atoms with Gasteiger partial charge in [0.25, 0.3) is 11.7 Å². The number of methoxy groups -OCH3 is 3. The highest BCUT2D eigenvalue weighted by Crippen LogP contribution is 2.46. The number of hydrogen-bond acceptors (Lipinski definition) is 9. The second kappa shape index (κ2) is 11.2. The number of Topliss-reactive ketones (excluding diaryl/α,β-unsaturated/α-hetero) is 1. The number of benzene rings is 1. The lowest BCUT2D eigenvalue weighted by Gasteiger charge is -2.31. The van der Waals surface area contributed by atoms with E-state index >= 15 is 0 Å². The molecule has 5 rings (SSSR count). The molecule has 3 aromatic rings. The first-order chi connectivity index (χ1) is 19.3. The molecule has 0 aliphatic carbocycles. The number of carbonyl (C=O) groups is 2. The molecule has 2 fully saturated rings. The van der Waals surface area contributed by atoms with Crippen molar-refractivity contribution in [3.05, 3.63) is 58.6 Å². The number of aliphatic hydroxyl groups excluding tert-OH is 1. The molecule has 4 heterocycles. The van der Waals surface area contributed by atoms with E-state index in [1.807, 2.05) is 19.1 Å². The molecule has 0 unspecified atom stereocenters. The summed E-state index contributed by atoms with van der Waals surface area (Å²) in [7, 11) is 4.51. The minimum absolute atomic E-state index is 0.0207. The first-order valence-electron chi connectivity index (χ1n) is 13.1. The highest BCUT2D eigenvalue weighted by molar-refractivity contribution is 6.46. The quantitative estimate of drug-likeness (QED) is 0.257. The van der Waals surface area contributed by atoms with Gasteiger partial charge in [0.2, 0.25) is 5.75 Å². The number of amides is 1. The van der Waals surface area contributed by atoms with Crippen LogP contribution in [0, 0.1) is 13.8 Å². The van der Waals surface area contributed by atoms with Crippen LogP contribution in [0.2, 0.25) is 0 Å². The Hall–Kier alpha value is -4.09. The van der Waals surface area contributed by atoms with Crippen molar-refractivity contribution in [3.63, 3.8) is 0 Å². The fourth-order valence-corrected chi connectivity index (χ4v) is 5.52. The zero-order valence-corrected chi connectivity index (χ0v) is 23.4. The Balaban J connectivity index is 1.69. The average molecular weight is 551 g/mol. The van der Waals surface area contributed by atoms with Gasteiger partial charge in [0.15, 0.2) is 17.3 Å². The Bertz CT molecular complexity index is 1460. The zero-order valence-electron chi connectivity index (χ0n) is 23.4. The Kier molecular flexibility index (Phi) is 7.68. The van der Waals surface area contributed by atoms with E-state index < -0.39 is 17.7 Å². The van der Waals surface area contributed by atoms with Gasteiger partial charge in [0, 0.05) is 32.4 Å². The topological polar surface area (TPSA) is 115 Å². The Morgan fingerprint density at radius 3 is 2.35 bits per heavy atom.